The summed E-state index contributed by atoms with van der Waals surface area (Å²) < 4.78 is 7.76. The Morgan fingerprint density at radius 1 is 1.03 bits per heavy atom. The van der Waals surface area contributed by atoms with E-state index in [4.69, 9.17) is 4.74 Å². The van der Waals surface area contributed by atoms with Crippen molar-refractivity contribution >= 4 is 6.09 Å². The fraction of sp³-hybridized carbons (Fsp3) is 0.379. The van der Waals surface area contributed by atoms with E-state index in [0.29, 0.717) is 19.4 Å². The Hall–Kier alpha value is -3.38. The van der Waals surface area contributed by atoms with Gasteiger partial charge in [-0.2, -0.15) is 0 Å². The molecule has 1 saturated heterocycles. The van der Waals surface area contributed by atoms with Gasteiger partial charge in [0.05, 0.1) is 11.6 Å². The van der Waals surface area contributed by atoms with Gasteiger partial charge in [-0.1, -0.05) is 54.6 Å². The second-order valence-electron chi connectivity index (χ2n) is 10.2. The Morgan fingerprint density at radius 2 is 1.71 bits per heavy atom. The van der Waals surface area contributed by atoms with Crippen LogP contribution in [0, 0.1) is 0 Å². The zero-order valence-corrected chi connectivity index (χ0v) is 20.9. The first-order chi connectivity index (χ1) is 16.6. The number of carbonyl (C=O) groups is 1. The highest BCUT2D eigenvalue weighted by Crippen LogP contribution is 2.41. The SMILES string of the molecule is C[C@@H](c1ccc(-c2ccn(C)c(=O)c2)cc1)N1CCCC(CC(C)(C)O)(c2ccccc2)OC1=O. The molecule has 1 aromatic heterocycles. The van der Waals surface area contributed by atoms with E-state index in [9.17, 15) is 14.7 Å². The monoisotopic (exact) mass is 474 g/mol. The lowest BCUT2D eigenvalue weighted by molar-refractivity contribution is -0.0663. The smallest absolute Gasteiger partial charge is 0.411 e. The van der Waals surface area contributed by atoms with Gasteiger partial charge in [0.15, 0.2) is 0 Å². The van der Waals surface area contributed by atoms with Crippen molar-refractivity contribution in [3.05, 3.63) is 94.4 Å². The van der Waals surface area contributed by atoms with Gasteiger partial charge in [0.1, 0.15) is 5.60 Å². The predicted molar refractivity (Wildman–Crippen MR) is 137 cm³/mol. The molecular formula is C29H34N2O4. The van der Waals surface area contributed by atoms with Crippen molar-refractivity contribution in [3.8, 4) is 11.1 Å². The van der Waals surface area contributed by atoms with E-state index in [-0.39, 0.29) is 17.7 Å². The van der Waals surface area contributed by atoms with Crippen molar-refractivity contribution < 1.29 is 14.6 Å². The van der Waals surface area contributed by atoms with Gasteiger partial charge in [-0.25, -0.2) is 4.79 Å². The third-order valence-electron chi connectivity index (χ3n) is 6.81. The van der Waals surface area contributed by atoms with E-state index in [1.165, 1.54) is 4.57 Å². The zero-order chi connectivity index (χ0) is 25.2. The summed E-state index contributed by atoms with van der Waals surface area (Å²) in [7, 11) is 1.73. The fourth-order valence-electron chi connectivity index (χ4n) is 4.99. The molecule has 35 heavy (non-hydrogen) atoms. The number of rotatable bonds is 6. The topological polar surface area (TPSA) is 71.8 Å². The van der Waals surface area contributed by atoms with Crippen molar-refractivity contribution in [1.29, 1.82) is 0 Å². The first kappa shape index (κ1) is 24.7. The van der Waals surface area contributed by atoms with Crippen LogP contribution in [0.5, 0.6) is 0 Å². The highest BCUT2D eigenvalue weighted by Gasteiger charge is 2.44. The number of aryl methyl sites for hydroxylation is 1. The van der Waals surface area contributed by atoms with E-state index in [0.717, 1.165) is 28.7 Å². The van der Waals surface area contributed by atoms with Crippen LogP contribution in [0.1, 0.15) is 57.2 Å². The molecule has 2 atom stereocenters. The number of benzene rings is 2. The summed E-state index contributed by atoms with van der Waals surface area (Å²) in [6.45, 7) is 6.07. The second-order valence-corrected chi connectivity index (χ2v) is 10.2. The third kappa shape index (κ3) is 5.49. The standard InChI is InChI=1S/C29H34N2O4/c1-21(22-11-13-23(14-12-22)24-15-18-30(4)26(32)19-24)31-17-8-16-29(35-27(31)33,20-28(2,3)34)25-9-6-5-7-10-25/h5-7,9-15,18-19,21,34H,8,16-17,20H2,1-4H3/t21-,29?/m0/s1. The van der Waals surface area contributed by atoms with E-state index >= 15 is 0 Å². The number of nitrogens with zero attached hydrogens (tertiary/aromatic N) is 2. The van der Waals surface area contributed by atoms with Crippen LogP contribution < -0.4 is 5.56 Å². The maximum atomic E-state index is 13.4. The number of aliphatic hydroxyl groups is 1. The maximum Gasteiger partial charge on any atom is 0.411 e. The van der Waals surface area contributed by atoms with Crippen LogP contribution in [0.3, 0.4) is 0 Å². The highest BCUT2D eigenvalue weighted by molar-refractivity contribution is 5.70. The van der Waals surface area contributed by atoms with E-state index in [2.05, 4.69) is 0 Å². The van der Waals surface area contributed by atoms with Gasteiger partial charge in [0, 0.05) is 32.3 Å². The lowest BCUT2D eigenvalue weighted by Crippen LogP contribution is -2.41. The second kappa shape index (κ2) is 9.70. The van der Waals surface area contributed by atoms with Gasteiger partial charge in [-0.3, -0.25) is 4.79 Å². The molecule has 184 valence electrons. The van der Waals surface area contributed by atoms with Crippen molar-refractivity contribution in [3.63, 3.8) is 0 Å². The Morgan fingerprint density at radius 3 is 2.34 bits per heavy atom. The number of ether oxygens (including phenoxy) is 1. The van der Waals surface area contributed by atoms with Crippen LogP contribution in [0.2, 0.25) is 0 Å². The number of hydrogen-bond acceptors (Lipinski definition) is 4. The molecule has 1 N–H and O–H groups in total. The molecule has 2 aromatic carbocycles. The van der Waals surface area contributed by atoms with Gasteiger partial charge in [-0.15, -0.1) is 0 Å². The predicted octanol–water partition coefficient (Wildman–Crippen LogP) is 5.40. The minimum atomic E-state index is -0.995. The first-order valence-electron chi connectivity index (χ1n) is 12.1. The molecule has 1 unspecified atom stereocenters. The van der Waals surface area contributed by atoms with Gasteiger partial charge < -0.3 is 19.3 Å². The molecule has 0 bridgehead atoms. The number of carbonyl (C=O) groups excluding carboxylic acids is 1. The summed E-state index contributed by atoms with van der Waals surface area (Å²) in [5.41, 5.74) is 1.78. The highest BCUT2D eigenvalue weighted by atomic mass is 16.6. The summed E-state index contributed by atoms with van der Waals surface area (Å²) in [6.07, 6.45) is 3.10. The molecule has 0 spiro atoms. The van der Waals surface area contributed by atoms with Gasteiger partial charge in [-0.05, 0) is 61.9 Å². The van der Waals surface area contributed by atoms with Crippen molar-refractivity contribution in [1.82, 2.24) is 9.47 Å². The molecule has 0 saturated carbocycles. The van der Waals surface area contributed by atoms with Crippen LogP contribution in [0.4, 0.5) is 4.79 Å². The summed E-state index contributed by atoms with van der Waals surface area (Å²) in [5.74, 6) is 0. The van der Waals surface area contributed by atoms with Crippen LogP contribution in [0.25, 0.3) is 11.1 Å². The average molecular weight is 475 g/mol. The molecule has 1 fully saturated rings. The summed E-state index contributed by atoms with van der Waals surface area (Å²) >= 11 is 0. The maximum absolute atomic E-state index is 13.4. The van der Waals surface area contributed by atoms with E-state index in [1.807, 2.05) is 67.6 Å². The Balaban J connectivity index is 1.57. The Kier molecular flexibility index (Phi) is 6.86. The van der Waals surface area contributed by atoms with Crippen LogP contribution in [-0.4, -0.2) is 32.8 Å². The number of hydrogen-bond donors (Lipinski definition) is 1. The van der Waals surface area contributed by atoms with Crippen molar-refractivity contribution in [2.75, 3.05) is 6.54 Å². The molecule has 1 aliphatic rings. The number of cyclic esters (lactones) is 1. The van der Waals surface area contributed by atoms with E-state index < -0.39 is 11.2 Å². The first-order valence-corrected chi connectivity index (χ1v) is 12.1. The summed E-state index contributed by atoms with van der Waals surface area (Å²) in [6, 6.07) is 21.0. The Bertz CT molecular complexity index is 1230. The fourth-order valence-corrected chi connectivity index (χ4v) is 4.99. The van der Waals surface area contributed by atoms with Crippen LogP contribution in [-0.2, 0) is 17.4 Å². The number of aromatic nitrogens is 1. The molecule has 6 heteroatoms. The largest absolute Gasteiger partial charge is 0.438 e. The van der Waals surface area contributed by atoms with Crippen LogP contribution in [0.15, 0.2) is 77.7 Å². The molecule has 0 aliphatic carbocycles. The molecular weight excluding hydrogens is 440 g/mol. The minimum Gasteiger partial charge on any atom is -0.438 e. The molecule has 6 nitrogen and oxygen atoms in total. The lowest BCUT2D eigenvalue weighted by atomic mass is 9.80. The van der Waals surface area contributed by atoms with E-state index in [1.54, 1.807) is 38.1 Å². The normalized spacial score (nSPS) is 19.7. The number of pyridine rings is 1. The van der Waals surface area contributed by atoms with Crippen molar-refractivity contribution in [2.24, 2.45) is 7.05 Å². The molecule has 4 rings (SSSR count). The molecule has 1 aliphatic heterocycles. The third-order valence-corrected chi connectivity index (χ3v) is 6.81. The minimum absolute atomic E-state index is 0.0554. The molecule has 3 aromatic rings. The van der Waals surface area contributed by atoms with Gasteiger partial charge in [0.25, 0.3) is 5.56 Å². The zero-order valence-electron chi connectivity index (χ0n) is 20.9. The molecule has 1 amide bonds. The average Bonchev–Trinajstić information content (AvgIpc) is 2.99. The quantitative estimate of drug-likeness (QED) is 0.519. The summed E-state index contributed by atoms with van der Waals surface area (Å²) in [4.78, 5) is 27.2. The molecule has 0 radical (unpaired) electrons. The lowest BCUT2D eigenvalue weighted by Gasteiger charge is -2.37. The van der Waals surface area contributed by atoms with Crippen molar-refractivity contribution in [2.45, 2.75) is 57.3 Å². The molecule has 2 heterocycles. The Labute approximate surface area is 206 Å². The summed E-state index contributed by atoms with van der Waals surface area (Å²) in [5, 5.41) is 10.7. The van der Waals surface area contributed by atoms with Gasteiger partial charge >= 0.3 is 6.09 Å². The number of amides is 1. The van der Waals surface area contributed by atoms with Crippen LogP contribution >= 0.6 is 0 Å². The van der Waals surface area contributed by atoms with Gasteiger partial charge in [0.2, 0.25) is 0 Å².